The van der Waals surface area contributed by atoms with Crippen molar-refractivity contribution in [1.29, 1.82) is 0 Å². The number of imidazole rings is 1. The van der Waals surface area contributed by atoms with Gasteiger partial charge in [0.15, 0.2) is 0 Å². The fourth-order valence-electron chi connectivity index (χ4n) is 2.29. The highest BCUT2D eigenvalue weighted by atomic mass is 32.2. The van der Waals surface area contributed by atoms with E-state index in [-0.39, 0.29) is 17.0 Å². The maximum Gasteiger partial charge on any atom is 0.238 e. The largest absolute Gasteiger partial charge is 0.337 e. The molecule has 6 nitrogen and oxygen atoms in total. The first kappa shape index (κ1) is 15.7. The van der Waals surface area contributed by atoms with Gasteiger partial charge in [0.05, 0.1) is 10.9 Å². The molecular weight excluding hydrogens is 288 g/mol. The lowest BCUT2D eigenvalue weighted by Crippen LogP contribution is -2.24. The number of rotatable bonds is 5. The number of nitrogens with zero attached hydrogens (tertiary/aromatic N) is 2. The summed E-state index contributed by atoms with van der Waals surface area (Å²) in [7, 11) is -1.69. The average Bonchev–Trinajstić information content (AvgIpc) is 2.84. The Morgan fingerprint density at radius 1 is 1.19 bits per heavy atom. The molecular formula is C14H20N4O2S. The summed E-state index contributed by atoms with van der Waals surface area (Å²) in [5, 5.41) is 8.52. The molecule has 0 bridgehead atoms. The highest BCUT2D eigenvalue weighted by molar-refractivity contribution is 7.89. The van der Waals surface area contributed by atoms with Gasteiger partial charge < -0.3 is 9.88 Å². The molecule has 114 valence electrons. The molecule has 0 fully saturated rings. The molecule has 0 radical (unpaired) electrons. The van der Waals surface area contributed by atoms with Crippen molar-refractivity contribution in [2.24, 2.45) is 12.2 Å². The number of nitrogens with two attached hydrogens (primary N) is 1. The lowest BCUT2D eigenvalue weighted by Gasteiger charge is -2.20. The topological polar surface area (TPSA) is 90.0 Å². The molecule has 1 aromatic heterocycles. The SMILES string of the molecule is CC(NC(C)c1nccn1C)c1ccc(S(N)(=O)=O)cc1. The van der Waals surface area contributed by atoms with Gasteiger partial charge in [0.25, 0.3) is 0 Å². The van der Waals surface area contributed by atoms with Crippen molar-refractivity contribution < 1.29 is 8.42 Å². The summed E-state index contributed by atoms with van der Waals surface area (Å²) in [5.74, 6) is 0.947. The van der Waals surface area contributed by atoms with Crippen LogP contribution in [-0.4, -0.2) is 18.0 Å². The van der Waals surface area contributed by atoms with Gasteiger partial charge in [-0.15, -0.1) is 0 Å². The van der Waals surface area contributed by atoms with Crippen LogP contribution in [0.25, 0.3) is 0 Å². The van der Waals surface area contributed by atoms with Crippen molar-refractivity contribution in [3.63, 3.8) is 0 Å². The van der Waals surface area contributed by atoms with Gasteiger partial charge in [0.1, 0.15) is 5.82 Å². The fraction of sp³-hybridized carbons (Fsp3) is 0.357. The molecule has 2 atom stereocenters. The van der Waals surface area contributed by atoms with Crippen molar-refractivity contribution >= 4 is 10.0 Å². The number of nitrogens with one attached hydrogen (secondary N) is 1. The first-order valence-corrected chi connectivity index (χ1v) is 8.19. The highest BCUT2D eigenvalue weighted by Gasteiger charge is 2.15. The Morgan fingerprint density at radius 2 is 1.81 bits per heavy atom. The van der Waals surface area contributed by atoms with Gasteiger partial charge in [-0.05, 0) is 31.5 Å². The second kappa shape index (κ2) is 5.97. The molecule has 0 aliphatic carbocycles. The molecule has 2 rings (SSSR count). The van der Waals surface area contributed by atoms with Gasteiger partial charge in [0, 0.05) is 25.5 Å². The lowest BCUT2D eigenvalue weighted by molar-refractivity contribution is 0.467. The Bertz CT molecular complexity index is 707. The van der Waals surface area contributed by atoms with Crippen molar-refractivity contribution in [3.05, 3.63) is 48.0 Å². The number of aromatic nitrogens is 2. The van der Waals surface area contributed by atoms with Crippen molar-refractivity contribution in [2.45, 2.75) is 30.8 Å². The maximum absolute atomic E-state index is 11.2. The van der Waals surface area contributed by atoms with E-state index in [9.17, 15) is 8.42 Å². The van der Waals surface area contributed by atoms with Crippen LogP contribution in [0, 0.1) is 0 Å². The summed E-state index contributed by atoms with van der Waals surface area (Å²) in [6.07, 6.45) is 3.66. The van der Waals surface area contributed by atoms with E-state index in [0.29, 0.717) is 0 Å². The summed E-state index contributed by atoms with van der Waals surface area (Å²) < 4.78 is 24.4. The fourth-order valence-corrected chi connectivity index (χ4v) is 2.80. The molecule has 0 saturated heterocycles. The van der Waals surface area contributed by atoms with Crippen LogP contribution in [0.4, 0.5) is 0 Å². The number of hydrogen-bond donors (Lipinski definition) is 2. The molecule has 7 heteroatoms. The summed E-state index contributed by atoms with van der Waals surface area (Å²) in [4.78, 5) is 4.43. The summed E-state index contributed by atoms with van der Waals surface area (Å²) in [5.41, 5.74) is 0.989. The Hall–Kier alpha value is -1.70. The minimum Gasteiger partial charge on any atom is -0.337 e. The molecule has 0 amide bonds. The Labute approximate surface area is 125 Å². The quantitative estimate of drug-likeness (QED) is 0.875. The maximum atomic E-state index is 11.2. The average molecular weight is 308 g/mol. The third kappa shape index (κ3) is 3.69. The molecule has 21 heavy (non-hydrogen) atoms. The van der Waals surface area contributed by atoms with E-state index in [1.807, 2.05) is 31.7 Å². The van der Waals surface area contributed by atoms with Crippen LogP contribution in [-0.2, 0) is 17.1 Å². The van der Waals surface area contributed by atoms with Crippen molar-refractivity contribution in [3.8, 4) is 0 Å². The third-order valence-electron chi connectivity index (χ3n) is 3.45. The summed E-state index contributed by atoms with van der Waals surface area (Å²) in [6.45, 7) is 4.06. The lowest BCUT2D eigenvalue weighted by atomic mass is 10.1. The summed E-state index contributed by atoms with van der Waals surface area (Å²) in [6, 6.07) is 6.72. The van der Waals surface area contributed by atoms with Crippen LogP contribution in [0.15, 0.2) is 41.6 Å². The zero-order chi connectivity index (χ0) is 15.6. The summed E-state index contributed by atoms with van der Waals surface area (Å²) >= 11 is 0. The number of primary sulfonamides is 1. The van der Waals surface area contributed by atoms with Crippen LogP contribution in [0.5, 0.6) is 0 Å². The van der Waals surface area contributed by atoms with E-state index in [0.717, 1.165) is 11.4 Å². The predicted molar refractivity (Wildman–Crippen MR) is 81.0 cm³/mol. The molecule has 1 heterocycles. The van der Waals surface area contributed by atoms with E-state index in [4.69, 9.17) is 5.14 Å². The highest BCUT2D eigenvalue weighted by Crippen LogP contribution is 2.19. The van der Waals surface area contributed by atoms with Crippen LogP contribution in [0.1, 0.15) is 37.3 Å². The van der Waals surface area contributed by atoms with Gasteiger partial charge >= 0.3 is 0 Å². The molecule has 0 aliphatic heterocycles. The number of aryl methyl sites for hydroxylation is 1. The third-order valence-corrected chi connectivity index (χ3v) is 4.38. The minimum atomic E-state index is -3.64. The van der Waals surface area contributed by atoms with E-state index >= 15 is 0 Å². The van der Waals surface area contributed by atoms with Gasteiger partial charge in [-0.3, -0.25) is 0 Å². The molecule has 0 saturated carbocycles. The van der Waals surface area contributed by atoms with Crippen molar-refractivity contribution in [1.82, 2.24) is 14.9 Å². The van der Waals surface area contributed by atoms with Crippen LogP contribution >= 0.6 is 0 Å². The molecule has 2 aromatic rings. The van der Waals surface area contributed by atoms with E-state index in [2.05, 4.69) is 10.3 Å². The Kier molecular flexibility index (Phi) is 4.46. The molecule has 3 N–H and O–H groups in total. The Morgan fingerprint density at radius 3 is 2.29 bits per heavy atom. The van der Waals surface area contributed by atoms with Crippen molar-refractivity contribution in [2.75, 3.05) is 0 Å². The van der Waals surface area contributed by atoms with Gasteiger partial charge in [-0.1, -0.05) is 12.1 Å². The predicted octanol–water partition coefficient (Wildman–Crippen LogP) is 1.48. The van der Waals surface area contributed by atoms with Gasteiger partial charge in [-0.25, -0.2) is 18.5 Å². The monoisotopic (exact) mass is 308 g/mol. The van der Waals surface area contributed by atoms with E-state index in [1.165, 1.54) is 12.1 Å². The smallest absolute Gasteiger partial charge is 0.238 e. The van der Waals surface area contributed by atoms with Gasteiger partial charge in [0.2, 0.25) is 10.0 Å². The number of benzene rings is 1. The standard InChI is InChI=1S/C14H20N4O2S/c1-10(17-11(2)14-16-8-9-18(14)3)12-4-6-13(7-5-12)21(15,19)20/h4-11,17H,1-3H3,(H2,15,19,20). The second-order valence-corrected chi connectivity index (χ2v) is 6.68. The first-order valence-electron chi connectivity index (χ1n) is 6.65. The normalized spacial score (nSPS) is 14.9. The molecule has 0 spiro atoms. The van der Waals surface area contributed by atoms with Gasteiger partial charge in [-0.2, -0.15) is 0 Å². The van der Waals surface area contributed by atoms with Crippen LogP contribution < -0.4 is 10.5 Å². The number of hydrogen-bond acceptors (Lipinski definition) is 4. The first-order chi connectivity index (χ1) is 9.79. The zero-order valence-corrected chi connectivity index (χ0v) is 13.1. The van der Waals surface area contributed by atoms with Crippen LogP contribution in [0.3, 0.4) is 0 Å². The molecule has 0 aliphatic rings. The molecule has 2 unspecified atom stereocenters. The van der Waals surface area contributed by atoms with Crippen LogP contribution in [0.2, 0.25) is 0 Å². The molecule has 1 aromatic carbocycles. The van der Waals surface area contributed by atoms with E-state index < -0.39 is 10.0 Å². The Balaban J connectivity index is 2.10. The zero-order valence-electron chi connectivity index (χ0n) is 12.3. The minimum absolute atomic E-state index is 0.0613. The number of sulfonamides is 1. The second-order valence-electron chi connectivity index (χ2n) is 5.12. The van der Waals surface area contributed by atoms with E-state index in [1.54, 1.807) is 18.3 Å².